The van der Waals surface area contributed by atoms with Crippen LogP contribution in [-0.4, -0.2) is 29.8 Å². The van der Waals surface area contributed by atoms with Crippen molar-refractivity contribution in [1.82, 2.24) is 4.90 Å². The van der Waals surface area contributed by atoms with Crippen molar-refractivity contribution in [1.29, 1.82) is 0 Å². The largest absolute Gasteiger partial charge is 0.300 e. The van der Waals surface area contributed by atoms with E-state index in [1.165, 1.54) is 32.4 Å². The summed E-state index contributed by atoms with van der Waals surface area (Å²) in [6, 6.07) is 0.704. The highest BCUT2D eigenvalue weighted by Crippen LogP contribution is 2.21. The summed E-state index contributed by atoms with van der Waals surface area (Å²) in [6.07, 6.45) is 3.84. The van der Waals surface area contributed by atoms with Crippen molar-refractivity contribution in [2.24, 2.45) is 5.41 Å². The summed E-state index contributed by atoms with van der Waals surface area (Å²) in [5, 5.41) is 0. The zero-order valence-electron chi connectivity index (χ0n) is 11.2. The smallest absolute Gasteiger partial charge is 0.00645 e. The third-order valence-electron chi connectivity index (χ3n) is 3.07. The Kier molecular flexibility index (Phi) is 7.72. The maximum absolute atomic E-state index is 4.44. The molecule has 0 fully saturated rings. The molecule has 0 saturated carbocycles. The normalized spacial score (nSPS) is 14.6. The van der Waals surface area contributed by atoms with E-state index in [1.807, 2.05) is 0 Å². The Bertz CT molecular complexity index is 157. The summed E-state index contributed by atoms with van der Waals surface area (Å²) in [4.78, 5) is 2.62. The van der Waals surface area contributed by atoms with Crippen LogP contribution in [0.3, 0.4) is 0 Å². The number of thiol groups is 1. The minimum Gasteiger partial charge on any atom is -0.300 e. The second-order valence-electron chi connectivity index (χ2n) is 5.40. The predicted octanol–water partition coefficient (Wildman–Crippen LogP) is 3.84. The zero-order chi connectivity index (χ0) is 11.9. The molecule has 0 aliphatic heterocycles. The molecule has 0 bridgehead atoms. The van der Waals surface area contributed by atoms with Crippen LogP contribution in [0.2, 0.25) is 0 Å². The summed E-state index contributed by atoms with van der Waals surface area (Å²) in [7, 11) is 0. The van der Waals surface area contributed by atoms with Gasteiger partial charge in [-0.25, -0.2) is 0 Å². The summed E-state index contributed by atoms with van der Waals surface area (Å²) >= 11 is 4.44. The first-order chi connectivity index (χ1) is 6.96. The first kappa shape index (κ1) is 15.3. The molecule has 0 saturated heterocycles. The molecule has 0 aromatic heterocycles. The van der Waals surface area contributed by atoms with Gasteiger partial charge in [0.25, 0.3) is 0 Å². The van der Waals surface area contributed by atoms with Gasteiger partial charge in [0.05, 0.1) is 0 Å². The Morgan fingerprint density at radius 1 is 1.27 bits per heavy atom. The van der Waals surface area contributed by atoms with Crippen LogP contribution in [-0.2, 0) is 0 Å². The average molecular weight is 231 g/mol. The number of nitrogens with zero attached hydrogens (tertiary/aromatic N) is 1. The van der Waals surface area contributed by atoms with Gasteiger partial charge >= 0.3 is 0 Å². The highest BCUT2D eigenvalue weighted by Gasteiger charge is 2.22. The summed E-state index contributed by atoms with van der Waals surface area (Å²) in [5.41, 5.74) is 0.334. The Morgan fingerprint density at radius 3 is 2.27 bits per heavy atom. The monoisotopic (exact) mass is 231 g/mol. The van der Waals surface area contributed by atoms with Gasteiger partial charge in [0.15, 0.2) is 0 Å². The molecule has 0 amide bonds. The van der Waals surface area contributed by atoms with Crippen LogP contribution in [0.15, 0.2) is 0 Å². The molecule has 1 unspecified atom stereocenters. The van der Waals surface area contributed by atoms with Crippen molar-refractivity contribution in [3.8, 4) is 0 Å². The zero-order valence-corrected chi connectivity index (χ0v) is 12.1. The number of unbranched alkanes of at least 4 members (excludes halogenated alkanes) is 1. The SMILES string of the molecule is CCCCN(CC(C)(C)CS)C(C)CC. The number of hydrogen-bond donors (Lipinski definition) is 1. The van der Waals surface area contributed by atoms with Gasteiger partial charge in [-0.15, -0.1) is 0 Å². The fraction of sp³-hybridized carbons (Fsp3) is 1.00. The van der Waals surface area contributed by atoms with Crippen LogP contribution in [0.1, 0.15) is 53.9 Å². The topological polar surface area (TPSA) is 3.24 Å². The third-order valence-corrected chi connectivity index (χ3v) is 3.93. The molecule has 0 N–H and O–H groups in total. The molecule has 1 nitrogen and oxygen atoms in total. The predicted molar refractivity (Wildman–Crippen MR) is 73.9 cm³/mol. The van der Waals surface area contributed by atoms with Gasteiger partial charge in [0, 0.05) is 12.6 Å². The first-order valence-corrected chi connectivity index (χ1v) is 6.95. The van der Waals surface area contributed by atoms with Gasteiger partial charge in [-0.05, 0) is 37.5 Å². The van der Waals surface area contributed by atoms with Crippen LogP contribution in [0.25, 0.3) is 0 Å². The summed E-state index contributed by atoms with van der Waals surface area (Å²) in [5.74, 6) is 0.964. The van der Waals surface area contributed by atoms with Gasteiger partial charge in [-0.3, -0.25) is 0 Å². The second-order valence-corrected chi connectivity index (χ2v) is 5.72. The molecule has 0 aliphatic carbocycles. The highest BCUT2D eigenvalue weighted by atomic mass is 32.1. The van der Waals surface area contributed by atoms with E-state index in [9.17, 15) is 0 Å². The lowest BCUT2D eigenvalue weighted by Gasteiger charge is -2.35. The van der Waals surface area contributed by atoms with Crippen LogP contribution < -0.4 is 0 Å². The Hall–Kier alpha value is 0.310. The van der Waals surface area contributed by atoms with E-state index in [1.54, 1.807) is 0 Å². The molecule has 0 spiro atoms. The Morgan fingerprint density at radius 2 is 1.87 bits per heavy atom. The van der Waals surface area contributed by atoms with Crippen LogP contribution >= 0.6 is 12.6 Å². The van der Waals surface area contributed by atoms with Crippen molar-refractivity contribution >= 4 is 12.6 Å². The minimum atomic E-state index is 0.334. The highest BCUT2D eigenvalue weighted by molar-refractivity contribution is 7.80. The van der Waals surface area contributed by atoms with E-state index in [4.69, 9.17) is 0 Å². The molecule has 1 atom stereocenters. The van der Waals surface area contributed by atoms with E-state index in [-0.39, 0.29) is 0 Å². The molecular formula is C13H29NS. The average Bonchev–Trinajstić information content (AvgIpc) is 2.23. The van der Waals surface area contributed by atoms with Crippen molar-refractivity contribution in [2.45, 2.75) is 59.9 Å². The van der Waals surface area contributed by atoms with E-state index in [2.05, 4.69) is 52.1 Å². The first-order valence-electron chi connectivity index (χ1n) is 6.31. The van der Waals surface area contributed by atoms with Crippen LogP contribution in [0, 0.1) is 5.41 Å². The van der Waals surface area contributed by atoms with E-state index < -0.39 is 0 Å². The molecule has 2 heteroatoms. The van der Waals surface area contributed by atoms with Crippen molar-refractivity contribution in [3.63, 3.8) is 0 Å². The molecular weight excluding hydrogens is 202 g/mol. The fourth-order valence-electron chi connectivity index (χ4n) is 1.67. The van der Waals surface area contributed by atoms with E-state index in [0.29, 0.717) is 11.5 Å². The van der Waals surface area contributed by atoms with Gasteiger partial charge in [-0.2, -0.15) is 12.6 Å². The lowest BCUT2D eigenvalue weighted by Crippen LogP contribution is -2.41. The lowest BCUT2D eigenvalue weighted by molar-refractivity contribution is 0.144. The molecule has 0 rings (SSSR count). The van der Waals surface area contributed by atoms with Crippen molar-refractivity contribution in [2.75, 3.05) is 18.8 Å². The van der Waals surface area contributed by atoms with Gasteiger partial charge in [-0.1, -0.05) is 34.1 Å². The minimum absolute atomic E-state index is 0.334. The molecule has 0 aliphatic rings. The summed E-state index contributed by atoms with van der Waals surface area (Å²) in [6.45, 7) is 13.9. The summed E-state index contributed by atoms with van der Waals surface area (Å²) < 4.78 is 0. The van der Waals surface area contributed by atoms with E-state index >= 15 is 0 Å². The Labute approximate surface area is 102 Å². The standard InChI is InChI=1S/C13H29NS/c1-6-8-9-14(12(3)7-2)10-13(4,5)11-15/h12,15H,6-11H2,1-5H3. The van der Waals surface area contributed by atoms with Gasteiger partial charge in [0.1, 0.15) is 0 Å². The maximum atomic E-state index is 4.44. The van der Waals surface area contributed by atoms with Crippen molar-refractivity contribution < 1.29 is 0 Å². The molecule has 15 heavy (non-hydrogen) atoms. The van der Waals surface area contributed by atoms with E-state index in [0.717, 1.165) is 5.75 Å². The quantitative estimate of drug-likeness (QED) is 0.621. The molecule has 0 radical (unpaired) electrons. The van der Waals surface area contributed by atoms with Gasteiger partial charge < -0.3 is 4.90 Å². The third kappa shape index (κ3) is 6.47. The fourth-order valence-corrected chi connectivity index (χ4v) is 1.77. The van der Waals surface area contributed by atoms with Crippen molar-refractivity contribution in [3.05, 3.63) is 0 Å². The molecule has 92 valence electrons. The molecule has 0 aromatic carbocycles. The molecule has 0 heterocycles. The number of hydrogen-bond acceptors (Lipinski definition) is 2. The second kappa shape index (κ2) is 7.56. The number of rotatable bonds is 8. The lowest BCUT2D eigenvalue weighted by atomic mass is 9.94. The maximum Gasteiger partial charge on any atom is 0.00645 e. The van der Waals surface area contributed by atoms with Crippen LogP contribution in [0.4, 0.5) is 0 Å². The van der Waals surface area contributed by atoms with Gasteiger partial charge in [0.2, 0.25) is 0 Å². The Balaban J connectivity index is 4.23. The van der Waals surface area contributed by atoms with Crippen LogP contribution in [0.5, 0.6) is 0 Å². The molecule has 0 aromatic rings.